The Balaban J connectivity index is 3.08. The third-order valence-electron chi connectivity index (χ3n) is 6.02. The summed E-state index contributed by atoms with van der Waals surface area (Å²) in [5.74, 6) is 4.94. The molecular formula is C22H38NP. The topological polar surface area (TPSA) is 3.24 Å². The summed E-state index contributed by atoms with van der Waals surface area (Å²) in [5.41, 5.74) is 1.28. The number of allylic oxidation sites excluding steroid dienone is 3. The summed E-state index contributed by atoms with van der Waals surface area (Å²) >= 11 is 0. The highest BCUT2D eigenvalue weighted by Crippen LogP contribution is 2.52. The zero-order valence-electron chi connectivity index (χ0n) is 16.7. The fourth-order valence-electron chi connectivity index (χ4n) is 4.66. The Morgan fingerprint density at radius 3 is 2.29 bits per heavy atom. The van der Waals surface area contributed by atoms with Crippen LogP contribution in [0.5, 0.6) is 0 Å². The first kappa shape index (κ1) is 21.5. The Hall–Kier alpha value is -0.570. The average Bonchev–Trinajstić information content (AvgIpc) is 2.54. The molecule has 7 atom stereocenters. The van der Waals surface area contributed by atoms with Gasteiger partial charge < -0.3 is 4.90 Å². The Kier molecular flexibility index (Phi) is 9.33. The van der Waals surface area contributed by atoms with E-state index in [0.717, 1.165) is 11.6 Å². The molecule has 0 saturated heterocycles. The van der Waals surface area contributed by atoms with E-state index in [4.69, 9.17) is 6.42 Å². The van der Waals surface area contributed by atoms with Gasteiger partial charge in [-0.15, -0.1) is 18.9 Å². The standard InChI is InChI=1S/C22H38NP/c1-9-14-18(11-3)24(8)21(13-5)19(12-4)22(23(6)7)20-16-15-17(20)10-2/h2,9,11,14,17-22H,3,12-13,15-16H2,1,4-8H3. The molecule has 0 spiro atoms. The maximum atomic E-state index is 5.79. The number of hydrogen-bond acceptors (Lipinski definition) is 1. The summed E-state index contributed by atoms with van der Waals surface area (Å²) in [4.78, 5) is 2.47. The van der Waals surface area contributed by atoms with E-state index in [9.17, 15) is 0 Å². The molecule has 1 aliphatic rings. The quantitative estimate of drug-likeness (QED) is 0.281. The number of hydrogen-bond donors (Lipinski definition) is 0. The van der Waals surface area contributed by atoms with Gasteiger partial charge in [-0.2, -0.15) is 0 Å². The average molecular weight is 348 g/mol. The van der Waals surface area contributed by atoms with Gasteiger partial charge >= 0.3 is 0 Å². The summed E-state index contributed by atoms with van der Waals surface area (Å²) in [6.45, 7) is 13.4. The van der Waals surface area contributed by atoms with Crippen LogP contribution < -0.4 is 0 Å². The zero-order valence-corrected chi connectivity index (χ0v) is 17.6. The van der Waals surface area contributed by atoms with Gasteiger partial charge in [0, 0.05) is 17.6 Å². The first-order valence-electron chi connectivity index (χ1n) is 9.56. The summed E-state index contributed by atoms with van der Waals surface area (Å²) in [5, 5.41) is 0. The Bertz CT molecular complexity index is 447. The van der Waals surface area contributed by atoms with Crippen LogP contribution in [0.2, 0.25) is 0 Å². The Morgan fingerprint density at radius 1 is 1.29 bits per heavy atom. The van der Waals surface area contributed by atoms with Crippen LogP contribution in [0, 0.1) is 30.1 Å². The van der Waals surface area contributed by atoms with Gasteiger partial charge in [-0.05, 0) is 64.4 Å². The molecule has 0 aromatic rings. The first-order valence-corrected chi connectivity index (χ1v) is 11.5. The predicted octanol–water partition coefficient (Wildman–Crippen LogP) is 5.62. The monoisotopic (exact) mass is 347 g/mol. The van der Waals surface area contributed by atoms with Crippen LogP contribution in [-0.4, -0.2) is 43.0 Å². The summed E-state index contributed by atoms with van der Waals surface area (Å²) < 4.78 is 0. The second kappa shape index (κ2) is 10.4. The zero-order chi connectivity index (χ0) is 18.3. The third kappa shape index (κ3) is 4.74. The second-order valence-corrected chi connectivity index (χ2v) is 10.0. The lowest BCUT2D eigenvalue weighted by atomic mass is 9.65. The van der Waals surface area contributed by atoms with E-state index in [1.54, 1.807) is 0 Å². The predicted molar refractivity (Wildman–Crippen MR) is 112 cm³/mol. The smallest absolute Gasteiger partial charge is 0.0243 e. The molecule has 0 aromatic heterocycles. The van der Waals surface area contributed by atoms with Gasteiger partial charge in [0.1, 0.15) is 0 Å². The molecule has 1 rings (SSSR count). The van der Waals surface area contributed by atoms with Crippen LogP contribution >= 0.6 is 7.92 Å². The highest BCUT2D eigenvalue weighted by molar-refractivity contribution is 7.58. The molecule has 1 nitrogen and oxygen atoms in total. The van der Waals surface area contributed by atoms with Crippen LogP contribution in [0.25, 0.3) is 0 Å². The molecule has 1 fully saturated rings. The summed E-state index contributed by atoms with van der Waals surface area (Å²) in [6.07, 6.45) is 17.5. The van der Waals surface area contributed by atoms with Gasteiger partial charge in [0.15, 0.2) is 0 Å². The van der Waals surface area contributed by atoms with Gasteiger partial charge in [0.25, 0.3) is 0 Å². The molecule has 0 radical (unpaired) electrons. The maximum absolute atomic E-state index is 5.79. The minimum Gasteiger partial charge on any atom is -0.306 e. The molecule has 2 heteroatoms. The van der Waals surface area contributed by atoms with E-state index in [1.807, 2.05) is 0 Å². The van der Waals surface area contributed by atoms with Crippen molar-refractivity contribution < 1.29 is 0 Å². The van der Waals surface area contributed by atoms with Gasteiger partial charge in [-0.3, -0.25) is 0 Å². The van der Waals surface area contributed by atoms with Crippen molar-refractivity contribution in [3.8, 4) is 12.3 Å². The van der Waals surface area contributed by atoms with E-state index in [1.165, 1.54) is 25.7 Å². The van der Waals surface area contributed by atoms with Crippen LogP contribution in [0.1, 0.15) is 46.5 Å². The summed E-state index contributed by atoms with van der Waals surface area (Å²) in [6, 6.07) is 0.607. The lowest BCUT2D eigenvalue weighted by molar-refractivity contribution is 0.0559. The van der Waals surface area contributed by atoms with E-state index < -0.39 is 0 Å². The molecule has 1 saturated carbocycles. The van der Waals surface area contributed by atoms with Crippen molar-refractivity contribution in [1.29, 1.82) is 0 Å². The first-order chi connectivity index (χ1) is 11.5. The lowest BCUT2D eigenvalue weighted by Gasteiger charge is -2.49. The minimum atomic E-state index is -0.123. The van der Waals surface area contributed by atoms with E-state index in [-0.39, 0.29) is 7.92 Å². The fourth-order valence-corrected chi connectivity index (χ4v) is 7.44. The molecule has 0 aliphatic heterocycles. The van der Waals surface area contributed by atoms with Gasteiger partial charge in [-0.25, -0.2) is 0 Å². The highest BCUT2D eigenvalue weighted by atomic mass is 31.1. The van der Waals surface area contributed by atoms with Crippen molar-refractivity contribution in [2.75, 3.05) is 20.8 Å². The van der Waals surface area contributed by atoms with E-state index >= 15 is 0 Å². The van der Waals surface area contributed by atoms with Crippen LogP contribution in [0.15, 0.2) is 24.8 Å². The molecule has 0 N–H and O–H groups in total. The van der Waals surface area contributed by atoms with Gasteiger partial charge in [0.2, 0.25) is 0 Å². The Morgan fingerprint density at radius 2 is 1.96 bits per heavy atom. The molecule has 136 valence electrons. The van der Waals surface area contributed by atoms with Gasteiger partial charge in [-0.1, -0.05) is 46.4 Å². The molecule has 0 aromatic carbocycles. The molecule has 24 heavy (non-hydrogen) atoms. The van der Waals surface area contributed by atoms with Crippen molar-refractivity contribution in [2.45, 2.75) is 63.8 Å². The largest absolute Gasteiger partial charge is 0.306 e. The van der Waals surface area contributed by atoms with Crippen molar-refractivity contribution in [1.82, 2.24) is 4.90 Å². The van der Waals surface area contributed by atoms with Crippen LogP contribution in [0.4, 0.5) is 0 Å². The number of rotatable bonds is 10. The van der Waals surface area contributed by atoms with Crippen molar-refractivity contribution in [2.24, 2.45) is 17.8 Å². The van der Waals surface area contributed by atoms with Crippen LogP contribution in [-0.2, 0) is 0 Å². The molecule has 0 heterocycles. The molecule has 0 bridgehead atoms. The van der Waals surface area contributed by atoms with Crippen molar-refractivity contribution >= 4 is 7.92 Å². The summed E-state index contributed by atoms with van der Waals surface area (Å²) in [7, 11) is 4.38. The molecule has 1 aliphatic carbocycles. The normalized spacial score (nSPS) is 27.1. The molecule has 7 unspecified atom stereocenters. The lowest BCUT2D eigenvalue weighted by Crippen LogP contribution is -2.50. The SMILES string of the molecule is C#CC1CCC1C(C(CC)C(CC)P(C)C(C=C)C=CC)N(C)C. The molecular weight excluding hydrogens is 309 g/mol. The fraction of sp³-hybridized carbons (Fsp3) is 0.727. The Labute approximate surface area is 152 Å². The highest BCUT2D eigenvalue weighted by Gasteiger charge is 2.43. The number of terminal acetylenes is 1. The minimum absolute atomic E-state index is 0.123. The van der Waals surface area contributed by atoms with Crippen molar-refractivity contribution in [3.63, 3.8) is 0 Å². The van der Waals surface area contributed by atoms with E-state index in [2.05, 4.69) is 77.2 Å². The third-order valence-corrected chi connectivity index (χ3v) is 9.14. The molecule has 0 amide bonds. The van der Waals surface area contributed by atoms with Gasteiger partial charge in [0.05, 0.1) is 0 Å². The van der Waals surface area contributed by atoms with Crippen molar-refractivity contribution in [3.05, 3.63) is 24.8 Å². The number of nitrogens with zero attached hydrogens (tertiary/aromatic N) is 1. The van der Waals surface area contributed by atoms with E-state index in [0.29, 0.717) is 23.5 Å². The second-order valence-electron chi connectivity index (χ2n) is 7.43. The van der Waals surface area contributed by atoms with Crippen LogP contribution in [0.3, 0.4) is 0 Å². The maximum Gasteiger partial charge on any atom is 0.0243 e.